The molecule has 10 nitrogen and oxygen atoms in total. The molecular formula is C32H42O10. The molecule has 3 saturated heterocycles. The van der Waals surface area contributed by atoms with Gasteiger partial charge in [0.1, 0.15) is 30.0 Å². The normalized spacial score (nSPS) is 50.0. The monoisotopic (exact) mass is 586 g/mol. The highest BCUT2D eigenvalue weighted by Gasteiger charge is 2.90. The lowest BCUT2D eigenvalue weighted by atomic mass is 9.53. The van der Waals surface area contributed by atoms with Crippen molar-refractivity contribution in [3.8, 4) is 0 Å². The van der Waals surface area contributed by atoms with E-state index >= 15 is 0 Å². The number of ether oxygens (including phenoxy) is 5. The Bertz CT molecular complexity index is 1290. The van der Waals surface area contributed by atoms with Crippen LogP contribution in [0.1, 0.15) is 60.3 Å². The first kappa shape index (κ1) is 29.9. The van der Waals surface area contributed by atoms with Crippen molar-refractivity contribution in [1.82, 2.24) is 0 Å². The number of carbonyl (C=O) groups is 2. The molecule has 0 amide bonds. The molecular weight excluding hydrogens is 544 g/mol. The minimum atomic E-state index is -2.38. The number of fused-ring (bicyclic) bond motifs is 3. The zero-order valence-corrected chi connectivity index (χ0v) is 24.9. The summed E-state index contributed by atoms with van der Waals surface area (Å²) in [7, 11) is 0. The predicted octanol–water partition coefficient (Wildman–Crippen LogP) is 2.41. The summed E-state index contributed by atoms with van der Waals surface area (Å²) in [5.74, 6) is -5.58. The molecule has 1 unspecified atom stereocenters. The summed E-state index contributed by atoms with van der Waals surface area (Å²) < 4.78 is 32.4. The fourth-order valence-corrected chi connectivity index (χ4v) is 8.66. The van der Waals surface area contributed by atoms with Gasteiger partial charge in [0, 0.05) is 30.8 Å². The summed E-state index contributed by atoms with van der Waals surface area (Å²) in [4.78, 5) is 26.2. The number of rotatable bonds is 9. The van der Waals surface area contributed by atoms with Crippen molar-refractivity contribution in [2.24, 2.45) is 17.8 Å². The van der Waals surface area contributed by atoms with Gasteiger partial charge in [-0.3, -0.25) is 9.59 Å². The van der Waals surface area contributed by atoms with Gasteiger partial charge in [0.05, 0.1) is 12.2 Å². The average Bonchev–Trinajstić information content (AvgIpc) is 3.57. The fourth-order valence-electron chi connectivity index (χ4n) is 8.66. The number of allylic oxidation sites excluding steroid dienone is 3. The smallest absolute Gasteiger partial charge is 0.307 e. The number of ketones is 1. The van der Waals surface area contributed by atoms with E-state index in [0.717, 1.165) is 25.7 Å². The van der Waals surface area contributed by atoms with Crippen LogP contribution in [0.2, 0.25) is 0 Å². The number of carbonyl (C=O) groups excluding carboxylic acids is 2. The van der Waals surface area contributed by atoms with Crippen molar-refractivity contribution in [3.63, 3.8) is 0 Å². The van der Waals surface area contributed by atoms with Crippen LogP contribution in [0.15, 0.2) is 48.1 Å². The predicted molar refractivity (Wildman–Crippen MR) is 149 cm³/mol. The van der Waals surface area contributed by atoms with Crippen LogP contribution < -0.4 is 0 Å². The Morgan fingerprint density at radius 3 is 2.55 bits per heavy atom. The summed E-state index contributed by atoms with van der Waals surface area (Å²) in [6, 6.07) is 0. The zero-order chi connectivity index (χ0) is 30.5. The maximum atomic E-state index is 13.7. The van der Waals surface area contributed by atoms with Gasteiger partial charge in [-0.2, -0.15) is 0 Å². The molecule has 42 heavy (non-hydrogen) atoms. The van der Waals surface area contributed by atoms with Crippen molar-refractivity contribution in [3.05, 3.63) is 48.1 Å². The van der Waals surface area contributed by atoms with Crippen molar-refractivity contribution >= 4 is 11.8 Å². The topological polar surface area (TPSA) is 144 Å². The van der Waals surface area contributed by atoms with E-state index in [2.05, 4.69) is 13.5 Å². The first-order valence-corrected chi connectivity index (χ1v) is 15.0. The number of Topliss-reactive ketones (excluding diaryl/α,β-unsaturated/α-hetero) is 1. The molecule has 6 aliphatic rings. The molecule has 0 spiro atoms. The lowest BCUT2D eigenvalue weighted by Gasteiger charge is -2.61. The van der Waals surface area contributed by atoms with E-state index in [4.69, 9.17) is 23.7 Å². The zero-order valence-electron chi connectivity index (χ0n) is 24.9. The molecule has 10 heteroatoms. The summed E-state index contributed by atoms with van der Waals surface area (Å²) >= 11 is 0. The van der Waals surface area contributed by atoms with Gasteiger partial charge in [-0.25, -0.2) is 0 Å². The van der Waals surface area contributed by atoms with Crippen molar-refractivity contribution < 1.29 is 48.6 Å². The summed E-state index contributed by atoms with van der Waals surface area (Å²) in [6.07, 6.45) is 8.71. The third-order valence-corrected chi connectivity index (χ3v) is 10.6. The van der Waals surface area contributed by atoms with E-state index in [1.54, 1.807) is 32.1 Å². The van der Waals surface area contributed by atoms with Crippen LogP contribution in [0, 0.1) is 17.8 Å². The highest BCUT2D eigenvalue weighted by Crippen LogP contribution is 2.73. The van der Waals surface area contributed by atoms with Crippen molar-refractivity contribution in [2.45, 2.75) is 113 Å². The number of hydrogen-bond donors (Lipinski definition) is 3. The quantitative estimate of drug-likeness (QED) is 0.121. The Kier molecular flexibility index (Phi) is 6.87. The number of unbranched alkanes of at least 4 members (excludes halogenated alkanes) is 3. The van der Waals surface area contributed by atoms with Gasteiger partial charge in [-0.15, -0.1) is 0 Å². The number of aliphatic hydroxyl groups is 3. The second kappa shape index (κ2) is 9.66. The fraction of sp³-hybridized carbons (Fsp3) is 0.688. The standard InChI is InChI=1S/C32H42O10/c1-7-8-9-10-11-12-13-14-29-40-26-22-25-28(16-33,39-25)27(36)30(37)21(15-18(4)23(30)35)32(22,42-29)19(5)24(38-20(6)34)31(26,41-29)17(2)3/h11-15,19,21-22,24-27,33,36-37H,2,7-10,16H2,1,3-6H3/b12-11-,14-13-/t19-,21-,22+,24-,25+,26-,27-,28+,29?,30-,31+,32+/m1/s1. The van der Waals surface area contributed by atoms with E-state index < -0.39 is 88.9 Å². The van der Waals surface area contributed by atoms with E-state index in [1.165, 1.54) is 6.92 Å². The molecule has 230 valence electrons. The number of esters is 1. The molecule has 3 heterocycles. The van der Waals surface area contributed by atoms with Crippen LogP contribution in [0.5, 0.6) is 0 Å². The van der Waals surface area contributed by atoms with Gasteiger partial charge in [0.25, 0.3) is 0 Å². The van der Waals surface area contributed by atoms with E-state index in [0.29, 0.717) is 5.57 Å². The molecule has 2 saturated carbocycles. The third-order valence-electron chi connectivity index (χ3n) is 10.6. The lowest BCUT2D eigenvalue weighted by Crippen LogP contribution is -2.76. The van der Waals surface area contributed by atoms with Gasteiger partial charge in [-0.1, -0.05) is 57.6 Å². The van der Waals surface area contributed by atoms with Crippen molar-refractivity contribution in [2.75, 3.05) is 6.61 Å². The van der Waals surface area contributed by atoms with Crippen LogP contribution in [0.3, 0.4) is 0 Å². The molecule has 5 fully saturated rings. The summed E-state index contributed by atoms with van der Waals surface area (Å²) in [6.45, 7) is 12.2. The molecule has 3 aliphatic heterocycles. The number of hydrogen-bond acceptors (Lipinski definition) is 10. The molecule has 3 aliphatic carbocycles. The number of aliphatic hydroxyl groups excluding tert-OH is 2. The molecule has 3 N–H and O–H groups in total. The van der Waals surface area contributed by atoms with Crippen molar-refractivity contribution in [1.29, 1.82) is 0 Å². The van der Waals surface area contributed by atoms with Crippen LogP contribution in [0.4, 0.5) is 0 Å². The molecule has 0 aromatic heterocycles. The van der Waals surface area contributed by atoms with Gasteiger partial charge >= 0.3 is 11.9 Å². The maximum absolute atomic E-state index is 13.7. The first-order chi connectivity index (χ1) is 19.8. The van der Waals surface area contributed by atoms with Gasteiger partial charge in [-0.05, 0) is 37.8 Å². The molecule has 3 bridgehead atoms. The number of epoxide rings is 1. The Labute approximate surface area is 246 Å². The van der Waals surface area contributed by atoms with E-state index in [-0.39, 0.29) is 5.57 Å². The Morgan fingerprint density at radius 2 is 1.90 bits per heavy atom. The summed E-state index contributed by atoms with van der Waals surface area (Å²) in [5.41, 5.74) is -6.12. The Hall–Kier alpha value is -2.18. The van der Waals surface area contributed by atoms with Crippen LogP contribution in [-0.4, -0.2) is 86.5 Å². The Morgan fingerprint density at radius 1 is 1.17 bits per heavy atom. The van der Waals surface area contributed by atoms with Gasteiger partial charge < -0.3 is 39.0 Å². The third kappa shape index (κ3) is 3.51. The SMILES string of the molecule is C=C(C)[C@@]12OC3(/C=C\C=C/CCCCC)O[C@@H]1[C@@H]1[C@@H]4O[C@]4(CO)[C@@H](O)[C@]4(O)C(=O)C(C)=C[C@H]4[C@@]1(O3)[C@H](C)[C@H]2OC(C)=O. The molecule has 0 radical (unpaired) electrons. The van der Waals surface area contributed by atoms with Crippen LogP contribution in [0.25, 0.3) is 0 Å². The van der Waals surface area contributed by atoms with Gasteiger partial charge in [0.15, 0.2) is 17.0 Å². The highest BCUT2D eigenvalue weighted by molar-refractivity contribution is 6.05. The molecule has 0 aromatic rings. The molecule has 12 atom stereocenters. The highest BCUT2D eigenvalue weighted by atomic mass is 16.9. The molecule has 0 aromatic carbocycles. The maximum Gasteiger partial charge on any atom is 0.307 e. The van der Waals surface area contributed by atoms with Crippen LogP contribution >= 0.6 is 0 Å². The molecule has 6 rings (SSSR count). The lowest BCUT2D eigenvalue weighted by molar-refractivity contribution is -0.407. The minimum absolute atomic E-state index is 0.248. The second-order valence-electron chi connectivity index (χ2n) is 12.9. The van der Waals surface area contributed by atoms with E-state index in [1.807, 2.05) is 19.1 Å². The van der Waals surface area contributed by atoms with Crippen LogP contribution in [-0.2, 0) is 33.3 Å². The largest absolute Gasteiger partial charge is 0.459 e. The average molecular weight is 587 g/mol. The Balaban J connectivity index is 1.55. The first-order valence-electron chi connectivity index (χ1n) is 15.0. The van der Waals surface area contributed by atoms with Gasteiger partial charge in [0.2, 0.25) is 0 Å². The van der Waals surface area contributed by atoms with E-state index in [9.17, 15) is 24.9 Å². The summed E-state index contributed by atoms with van der Waals surface area (Å²) in [5, 5.41) is 34.4. The minimum Gasteiger partial charge on any atom is -0.459 e. The second-order valence-corrected chi connectivity index (χ2v) is 12.9.